The van der Waals surface area contributed by atoms with Crippen LogP contribution >= 0.6 is 0 Å². The summed E-state index contributed by atoms with van der Waals surface area (Å²) in [5, 5.41) is 2.81. The normalized spacial score (nSPS) is 12.9. The van der Waals surface area contributed by atoms with E-state index in [0.29, 0.717) is 5.70 Å². The standard InChI is InChI=1S/C9H15NO/c1-6-8(7(2)10-11)9(3,4)5/h6H,2H2,1,3-5H3/b8-6+. The maximum Gasteiger partial charge on any atom is 0.104 e. The van der Waals surface area contributed by atoms with Crippen LogP contribution in [0.25, 0.3) is 0 Å². The molecule has 0 saturated carbocycles. The number of hydrogen-bond acceptors (Lipinski definition) is 2. The van der Waals surface area contributed by atoms with Crippen LogP contribution in [0.4, 0.5) is 0 Å². The Balaban J connectivity index is 4.72. The molecule has 62 valence electrons. The van der Waals surface area contributed by atoms with Crippen molar-refractivity contribution in [3.05, 3.63) is 28.8 Å². The quantitative estimate of drug-likeness (QED) is 0.442. The summed E-state index contributed by atoms with van der Waals surface area (Å²) >= 11 is 0. The fourth-order valence-electron chi connectivity index (χ4n) is 1.08. The van der Waals surface area contributed by atoms with Crippen LogP contribution < -0.4 is 0 Å². The predicted molar refractivity (Wildman–Crippen MR) is 48.1 cm³/mol. The molecule has 0 aromatic rings. The number of rotatable bonds is 2. The van der Waals surface area contributed by atoms with E-state index in [9.17, 15) is 4.91 Å². The zero-order valence-corrected chi connectivity index (χ0v) is 7.64. The highest BCUT2D eigenvalue weighted by Gasteiger charge is 2.18. The first-order valence-corrected chi connectivity index (χ1v) is 3.63. The summed E-state index contributed by atoms with van der Waals surface area (Å²) < 4.78 is 0. The molecule has 0 saturated heterocycles. The lowest BCUT2D eigenvalue weighted by molar-refractivity contribution is 0.509. The molecule has 0 N–H and O–H groups in total. The Labute approximate surface area is 68.0 Å². The lowest BCUT2D eigenvalue weighted by Crippen LogP contribution is -2.09. The average molecular weight is 153 g/mol. The summed E-state index contributed by atoms with van der Waals surface area (Å²) in [7, 11) is 0. The zero-order valence-electron chi connectivity index (χ0n) is 7.64. The van der Waals surface area contributed by atoms with Gasteiger partial charge in [-0.25, -0.2) is 0 Å². The Kier molecular flexibility index (Phi) is 3.18. The highest BCUT2D eigenvalue weighted by Crippen LogP contribution is 2.30. The van der Waals surface area contributed by atoms with E-state index in [1.807, 2.05) is 33.8 Å². The Morgan fingerprint density at radius 1 is 1.45 bits per heavy atom. The topological polar surface area (TPSA) is 29.4 Å². The molecule has 2 nitrogen and oxygen atoms in total. The van der Waals surface area contributed by atoms with Crippen molar-refractivity contribution in [1.29, 1.82) is 0 Å². The van der Waals surface area contributed by atoms with E-state index in [1.165, 1.54) is 0 Å². The summed E-state index contributed by atoms with van der Waals surface area (Å²) in [5.74, 6) is 0. The molecule has 11 heavy (non-hydrogen) atoms. The molecule has 0 unspecified atom stereocenters. The van der Waals surface area contributed by atoms with Crippen LogP contribution in [0.5, 0.6) is 0 Å². The van der Waals surface area contributed by atoms with Crippen molar-refractivity contribution in [3.63, 3.8) is 0 Å². The molecule has 0 aliphatic carbocycles. The molecule has 0 fully saturated rings. The Morgan fingerprint density at radius 3 is 2.00 bits per heavy atom. The van der Waals surface area contributed by atoms with Crippen LogP contribution in [0.3, 0.4) is 0 Å². The van der Waals surface area contributed by atoms with Crippen molar-refractivity contribution in [2.45, 2.75) is 27.7 Å². The first-order chi connectivity index (χ1) is 4.93. The van der Waals surface area contributed by atoms with Gasteiger partial charge in [0.05, 0.1) is 0 Å². The lowest BCUT2D eigenvalue weighted by Gasteiger charge is -2.21. The summed E-state index contributed by atoms with van der Waals surface area (Å²) in [6.07, 6.45) is 1.88. The van der Waals surface area contributed by atoms with Crippen LogP contribution in [0.1, 0.15) is 27.7 Å². The van der Waals surface area contributed by atoms with Crippen molar-refractivity contribution in [3.8, 4) is 0 Å². The van der Waals surface area contributed by atoms with Gasteiger partial charge in [-0.15, -0.1) is 4.91 Å². The maximum atomic E-state index is 10.2. The van der Waals surface area contributed by atoms with Gasteiger partial charge < -0.3 is 0 Å². The van der Waals surface area contributed by atoms with Crippen molar-refractivity contribution >= 4 is 0 Å². The van der Waals surface area contributed by atoms with E-state index in [2.05, 4.69) is 11.8 Å². The minimum atomic E-state index is -0.0419. The molecule has 0 aliphatic rings. The van der Waals surface area contributed by atoms with E-state index in [4.69, 9.17) is 0 Å². The zero-order chi connectivity index (χ0) is 9.07. The average Bonchev–Trinajstić information content (AvgIpc) is 1.86. The van der Waals surface area contributed by atoms with Gasteiger partial charge in [-0.05, 0) is 23.1 Å². The van der Waals surface area contributed by atoms with E-state index >= 15 is 0 Å². The van der Waals surface area contributed by atoms with Gasteiger partial charge >= 0.3 is 0 Å². The lowest BCUT2D eigenvalue weighted by atomic mass is 9.85. The van der Waals surface area contributed by atoms with Gasteiger partial charge in [0.15, 0.2) is 0 Å². The summed E-state index contributed by atoms with van der Waals surface area (Å²) in [5.41, 5.74) is 1.20. The second-order valence-electron chi connectivity index (χ2n) is 3.49. The van der Waals surface area contributed by atoms with Gasteiger partial charge in [-0.3, -0.25) is 0 Å². The SMILES string of the molecule is C=C(N=O)/C(=C\C)C(C)(C)C. The molecule has 0 bridgehead atoms. The molecule has 0 amide bonds. The predicted octanol–water partition coefficient (Wildman–Crippen LogP) is 3.26. The molecule has 0 atom stereocenters. The van der Waals surface area contributed by atoms with Gasteiger partial charge in [0.25, 0.3) is 0 Å². The third-order valence-electron chi connectivity index (χ3n) is 1.52. The molecule has 0 rings (SSSR count). The minimum Gasteiger partial charge on any atom is -0.145 e. The number of nitrogens with zero attached hydrogens (tertiary/aromatic N) is 1. The van der Waals surface area contributed by atoms with Crippen LogP contribution in [0, 0.1) is 10.3 Å². The Hall–Kier alpha value is -0.920. The second kappa shape index (κ2) is 3.46. The summed E-state index contributed by atoms with van der Waals surface area (Å²) in [6.45, 7) is 11.5. The van der Waals surface area contributed by atoms with Gasteiger partial charge in [-0.1, -0.05) is 33.4 Å². The van der Waals surface area contributed by atoms with E-state index < -0.39 is 0 Å². The highest BCUT2D eigenvalue weighted by atomic mass is 16.3. The van der Waals surface area contributed by atoms with Gasteiger partial charge in [0.2, 0.25) is 0 Å². The molecule has 2 heteroatoms. The first kappa shape index (κ1) is 10.1. The maximum absolute atomic E-state index is 10.2. The molecule has 0 aromatic carbocycles. The van der Waals surface area contributed by atoms with Crippen molar-refractivity contribution in [2.24, 2.45) is 10.6 Å². The van der Waals surface area contributed by atoms with Crippen molar-refractivity contribution < 1.29 is 0 Å². The number of nitroso groups, excluding NO2 is 1. The fraction of sp³-hybridized carbons (Fsp3) is 0.556. The number of allylic oxidation sites excluding steroid dienone is 2. The van der Waals surface area contributed by atoms with Crippen molar-refractivity contribution in [2.75, 3.05) is 0 Å². The van der Waals surface area contributed by atoms with E-state index in [1.54, 1.807) is 0 Å². The van der Waals surface area contributed by atoms with Gasteiger partial charge in [0, 0.05) is 0 Å². The van der Waals surface area contributed by atoms with Gasteiger partial charge in [-0.2, -0.15) is 0 Å². The Bertz CT molecular complexity index is 196. The third-order valence-corrected chi connectivity index (χ3v) is 1.52. The Morgan fingerprint density at radius 2 is 1.91 bits per heavy atom. The summed E-state index contributed by atoms with van der Waals surface area (Å²) in [4.78, 5) is 10.2. The van der Waals surface area contributed by atoms with Gasteiger partial charge in [0.1, 0.15) is 5.70 Å². The number of hydrogen-bond donors (Lipinski definition) is 0. The second-order valence-corrected chi connectivity index (χ2v) is 3.49. The van der Waals surface area contributed by atoms with Crippen LogP contribution in [-0.4, -0.2) is 0 Å². The van der Waals surface area contributed by atoms with E-state index in [0.717, 1.165) is 5.57 Å². The van der Waals surface area contributed by atoms with E-state index in [-0.39, 0.29) is 5.41 Å². The van der Waals surface area contributed by atoms with Crippen LogP contribution in [0.15, 0.2) is 29.1 Å². The monoisotopic (exact) mass is 153 g/mol. The minimum absolute atomic E-state index is 0.0419. The molecule has 0 heterocycles. The fourth-order valence-corrected chi connectivity index (χ4v) is 1.08. The molecular weight excluding hydrogens is 138 g/mol. The summed E-state index contributed by atoms with van der Waals surface area (Å²) in [6, 6.07) is 0. The molecule has 0 radical (unpaired) electrons. The molecular formula is C9H15NO. The first-order valence-electron chi connectivity index (χ1n) is 3.63. The molecule has 0 aromatic heterocycles. The molecule has 0 spiro atoms. The van der Waals surface area contributed by atoms with Crippen LogP contribution in [-0.2, 0) is 0 Å². The smallest absolute Gasteiger partial charge is 0.104 e. The largest absolute Gasteiger partial charge is 0.145 e. The molecule has 0 aliphatic heterocycles. The third kappa shape index (κ3) is 2.66. The van der Waals surface area contributed by atoms with Crippen LogP contribution in [0.2, 0.25) is 0 Å². The van der Waals surface area contributed by atoms with Crippen molar-refractivity contribution in [1.82, 2.24) is 0 Å². The highest BCUT2D eigenvalue weighted by molar-refractivity contribution is 5.31.